The van der Waals surface area contributed by atoms with E-state index in [1.807, 2.05) is 6.92 Å². The van der Waals surface area contributed by atoms with Crippen LogP contribution in [0.3, 0.4) is 0 Å². The number of carbonyl (C=O) groups excluding carboxylic acids is 1. The number of nitrogens with one attached hydrogen (secondary N) is 1. The van der Waals surface area contributed by atoms with E-state index in [1.54, 1.807) is 6.92 Å². The van der Waals surface area contributed by atoms with Gasteiger partial charge < -0.3 is 15.2 Å². The number of aliphatic carboxylic acids is 1. The lowest BCUT2D eigenvalue weighted by molar-refractivity contribution is -0.152. The summed E-state index contributed by atoms with van der Waals surface area (Å²) in [5, 5.41) is 12.3. The molecule has 2 aliphatic rings. The van der Waals surface area contributed by atoms with Gasteiger partial charge in [0.05, 0.1) is 11.5 Å². The summed E-state index contributed by atoms with van der Waals surface area (Å²) < 4.78 is 5.53. The van der Waals surface area contributed by atoms with Crippen molar-refractivity contribution in [1.29, 1.82) is 0 Å². The van der Waals surface area contributed by atoms with E-state index in [4.69, 9.17) is 4.74 Å². The van der Waals surface area contributed by atoms with Crippen LogP contribution in [0.1, 0.15) is 52.4 Å². The third kappa shape index (κ3) is 2.91. The van der Waals surface area contributed by atoms with E-state index in [9.17, 15) is 14.7 Å². The lowest BCUT2D eigenvalue weighted by Crippen LogP contribution is -2.54. The van der Waals surface area contributed by atoms with Crippen LogP contribution in [0.4, 0.5) is 0 Å². The number of carbonyl (C=O) groups is 2. The Kier molecular flexibility index (Phi) is 4.13. The summed E-state index contributed by atoms with van der Waals surface area (Å²) in [5.41, 5.74) is -0.849. The molecular formula is C14H23NO4. The van der Waals surface area contributed by atoms with E-state index < -0.39 is 17.5 Å². The summed E-state index contributed by atoms with van der Waals surface area (Å²) in [7, 11) is 0. The van der Waals surface area contributed by atoms with E-state index in [-0.39, 0.29) is 18.1 Å². The zero-order valence-electron chi connectivity index (χ0n) is 11.6. The largest absolute Gasteiger partial charge is 0.481 e. The van der Waals surface area contributed by atoms with Crippen LogP contribution in [0.2, 0.25) is 0 Å². The molecule has 2 N–H and O–H groups in total. The molecule has 1 heterocycles. The van der Waals surface area contributed by atoms with Crippen LogP contribution in [-0.2, 0) is 14.3 Å². The molecule has 1 aliphatic heterocycles. The molecule has 5 heteroatoms. The van der Waals surface area contributed by atoms with Gasteiger partial charge in [-0.05, 0) is 39.5 Å². The summed E-state index contributed by atoms with van der Waals surface area (Å²) in [6.45, 7) is 3.69. The molecule has 4 atom stereocenters. The zero-order chi connectivity index (χ0) is 14.0. The van der Waals surface area contributed by atoms with E-state index in [1.165, 1.54) is 0 Å². The Bertz CT molecular complexity index is 370. The first kappa shape index (κ1) is 14.3. The molecule has 2 rings (SSSR count). The van der Waals surface area contributed by atoms with Crippen molar-refractivity contribution in [3.05, 3.63) is 0 Å². The predicted molar refractivity (Wildman–Crippen MR) is 69.7 cm³/mol. The van der Waals surface area contributed by atoms with Gasteiger partial charge in [0.25, 0.3) is 0 Å². The molecule has 108 valence electrons. The minimum Gasteiger partial charge on any atom is -0.481 e. The molecule has 1 aliphatic carbocycles. The Morgan fingerprint density at radius 2 is 2.00 bits per heavy atom. The van der Waals surface area contributed by atoms with Crippen LogP contribution in [-0.4, -0.2) is 35.2 Å². The van der Waals surface area contributed by atoms with Gasteiger partial charge in [0.2, 0.25) is 5.91 Å². The fourth-order valence-corrected chi connectivity index (χ4v) is 3.08. The maximum Gasteiger partial charge on any atom is 0.311 e. The monoisotopic (exact) mass is 269 g/mol. The highest BCUT2D eigenvalue weighted by Crippen LogP contribution is 2.36. The van der Waals surface area contributed by atoms with Crippen molar-refractivity contribution < 1.29 is 19.4 Å². The summed E-state index contributed by atoms with van der Waals surface area (Å²) in [6.07, 6.45) is 4.55. The average Bonchev–Trinajstić information content (AvgIpc) is 2.79. The number of rotatable bonds is 3. The minimum absolute atomic E-state index is 0.118. The van der Waals surface area contributed by atoms with Crippen molar-refractivity contribution in [2.24, 2.45) is 5.41 Å². The van der Waals surface area contributed by atoms with Gasteiger partial charge in [-0.25, -0.2) is 0 Å². The second-order valence-electron chi connectivity index (χ2n) is 6.04. The van der Waals surface area contributed by atoms with E-state index in [0.29, 0.717) is 6.42 Å². The Morgan fingerprint density at radius 1 is 1.26 bits per heavy atom. The lowest BCUT2D eigenvalue weighted by atomic mass is 9.71. The molecule has 2 fully saturated rings. The van der Waals surface area contributed by atoms with Crippen LogP contribution in [0, 0.1) is 5.41 Å². The molecule has 1 saturated carbocycles. The first-order valence-corrected chi connectivity index (χ1v) is 7.12. The third-order valence-electron chi connectivity index (χ3n) is 4.54. The summed E-state index contributed by atoms with van der Waals surface area (Å²) >= 11 is 0. The van der Waals surface area contributed by atoms with E-state index in [2.05, 4.69) is 5.32 Å². The predicted octanol–water partition coefficient (Wildman–Crippen LogP) is 1.70. The Labute approximate surface area is 113 Å². The van der Waals surface area contributed by atoms with Crippen LogP contribution < -0.4 is 5.32 Å². The van der Waals surface area contributed by atoms with Gasteiger partial charge in [0.15, 0.2) is 0 Å². The van der Waals surface area contributed by atoms with E-state index >= 15 is 0 Å². The van der Waals surface area contributed by atoms with Gasteiger partial charge in [-0.15, -0.1) is 0 Å². The molecule has 1 saturated heterocycles. The molecule has 19 heavy (non-hydrogen) atoms. The first-order chi connectivity index (χ1) is 8.93. The number of carboxylic acid groups (broad SMARTS) is 1. The summed E-state index contributed by atoms with van der Waals surface area (Å²) in [5.74, 6) is -0.970. The van der Waals surface area contributed by atoms with Gasteiger partial charge >= 0.3 is 5.97 Å². The Morgan fingerprint density at radius 3 is 2.58 bits per heavy atom. The molecule has 0 radical (unpaired) electrons. The fourth-order valence-electron chi connectivity index (χ4n) is 3.08. The third-order valence-corrected chi connectivity index (χ3v) is 4.54. The number of hydrogen-bond acceptors (Lipinski definition) is 3. The van der Waals surface area contributed by atoms with Crippen molar-refractivity contribution in [3.8, 4) is 0 Å². The second-order valence-corrected chi connectivity index (χ2v) is 6.04. The molecule has 1 amide bonds. The van der Waals surface area contributed by atoms with Gasteiger partial charge in [-0.1, -0.05) is 12.8 Å². The molecular weight excluding hydrogens is 246 g/mol. The number of amides is 1. The SMILES string of the molecule is CC1CCC(C(=O)NC2CCCCC2(C)C(=O)O)O1. The number of carboxylic acids is 1. The molecule has 0 spiro atoms. The fraction of sp³-hybridized carbons (Fsp3) is 0.857. The van der Waals surface area contributed by atoms with Crippen molar-refractivity contribution in [2.45, 2.75) is 70.6 Å². The van der Waals surface area contributed by atoms with Crippen molar-refractivity contribution in [3.63, 3.8) is 0 Å². The lowest BCUT2D eigenvalue weighted by Gasteiger charge is -2.38. The quantitative estimate of drug-likeness (QED) is 0.817. The van der Waals surface area contributed by atoms with Crippen molar-refractivity contribution in [2.75, 3.05) is 0 Å². The topological polar surface area (TPSA) is 75.6 Å². The normalized spacial score (nSPS) is 38.9. The van der Waals surface area contributed by atoms with Gasteiger partial charge in [-0.2, -0.15) is 0 Å². The number of hydrogen-bond donors (Lipinski definition) is 2. The molecule has 0 aromatic heterocycles. The average molecular weight is 269 g/mol. The minimum atomic E-state index is -0.849. The first-order valence-electron chi connectivity index (χ1n) is 7.12. The Hall–Kier alpha value is -1.10. The Balaban J connectivity index is 2.00. The molecule has 5 nitrogen and oxygen atoms in total. The van der Waals surface area contributed by atoms with Gasteiger partial charge in [0, 0.05) is 6.04 Å². The maximum absolute atomic E-state index is 12.1. The molecule has 0 bridgehead atoms. The van der Waals surface area contributed by atoms with Crippen LogP contribution >= 0.6 is 0 Å². The second kappa shape index (κ2) is 5.49. The highest BCUT2D eigenvalue weighted by Gasteiger charge is 2.44. The van der Waals surface area contributed by atoms with Crippen molar-refractivity contribution in [1.82, 2.24) is 5.32 Å². The molecule has 0 aromatic carbocycles. The summed E-state index contributed by atoms with van der Waals surface area (Å²) in [6, 6.07) is -0.286. The zero-order valence-corrected chi connectivity index (χ0v) is 11.6. The highest BCUT2D eigenvalue weighted by molar-refractivity contribution is 5.83. The maximum atomic E-state index is 12.1. The van der Waals surface area contributed by atoms with Crippen molar-refractivity contribution >= 4 is 11.9 Å². The summed E-state index contributed by atoms with van der Waals surface area (Å²) in [4.78, 5) is 23.6. The number of ether oxygens (including phenoxy) is 1. The smallest absolute Gasteiger partial charge is 0.311 e. The molecule has 0 aromatic rings. The van der Waals surface area contributed by atoms with Crippen LogP contribution in [0.15, 0.2) is 0 Å². The van der Waals surface area contributed by atoms with Crippen LogP contribution in [0.5, 0.6) is 0 Å². The highest BCUT2D eigenvalue weighted by atomic mass is 16.5. The van der Waals surface area contributed by atoms with Crippen LogP contribution in [0.25, 0.3) is 0 Å². The van der Waals surface area contributed by atoms with Gasteiger partial charge in [-0.3, -0.25) is 9.59 Å². The van der Waals surface area contributed by atoms with E-state index in [0.717, 1.165) is 32.1 Å². The molecule has 4 unspecified atom stereocenters. The van der Waals surface area contributed by atoms with Gasteiger partial charge in [0.1, 0.15) is 6.10 Å². The standard InChI is InChI=1S/C14H23NO4/c1-9-6-7-10(19-9)12(16)15-11-5-3-4-8-14(11,2)13(17)18/h9-11H,3-8H2,1-2H3,(H,15,16)(H,17,18).